The molecule has 0 aromatic heterocycles. The van der Waals surface area contributed by atoms with Gasteiger partial charge < -0.3 is 5.32 Å². The van der Waals surface area contributed by atoms with E-state index in [2.05, 4.69) is 16.2 Å². The number of hydrogen-bond acceptors (Lipinski definition) is 3. The Kier molecular flexibility index (Phi) is 2.64. The summed E-state index contributed by atoms with van der Waals surface area (Å²) < 4.78 is 0. The lowest BCUT2D eigenvalue weighted by atomic mass is 9.95. The normalized spacial score (nSPS) is 29.5. The highest BCUT2D eigenvalue weighted by Crippen LogP contribution is 2.12. The Morgan fingerprint density at radius 2 is 2.25 bits per heavy atom. The Morgan fingerprint density at radius 1 is 1.58 bits per heavy atom. The molecule has 0 bridgehead atoms. The van der Waals surface area contributed by atoms with Crippen LogP contribution in [0.2, 0.25) is 0 Å². The first kappa shape index (κ1) is 9.41. The third-order valence-corrected chi connectivity index (χ3v) is 2.13. The molecular weight excluding hydrogens is 174 g/mol. The first-order valence-corrected chi connectivity index (χ1v) is 4.38. The minimum absolute atomic E-state index is 0.0619. The van der Waals surface area contributed by atoms with Gasteiger partial charge in [0.25, 0.3) is 0 Å². The van der Waals surface area contributed by atoms with Crippen molar-refractivity contribution in [2.75, 3.05) is 0 Å². The highest BCUT2D eigenvalue weighted by atomic mass is 32.1. The Morgan fingerprint density at radius 3 is 2.75 bits per heavy atom. The Hall–Kier alpha value is -0.680. The summed E-state index contributed by atoms with van der Waals surface area (Å²) in [7, 11) is 0. The molecule has 0 aromatic rings. The molecule has 1 aliphatic rings. The van der Waals surface area contributed by atoms with Crippen LogP contribution in [0.1, 0.15) is 26.7 Å². The molecule has 1 aliphatic heterocycles. The van der Waals surface area contributed by atoms with E-state index in [9.17, 15) is 4.79 Å². The second-order valence-electron chi connectivity index (χ2n) is 3.12. The summed E-state index contributed by atoms with van der Waals surface area (Å²) in [6.45, 7) is 3.88. The van der Waals surface area contributed by atoms with Crippen LogP contribution in [0.4, 0.5) is 0 Å². The third-order valence-electron chi connectivity index (χ3n) is 1.93. The van der Waals surface area contributed by atoms with Crippen LogP contribution in [-0.4, -0.2) is 16.6 Å². The van der Waals surface area contributed by atoms with Crippen LogP contribution < -0.4 is 16.2 Å². The molecule has 68 valence electrons. The van der Waals surface area contributed by atoms with E-state index in [0.717, 1.165) is 12.8 Å². The van der Waals surface area contributed by atoms with Gasteiger partial charge in [-0.3, -0.25) is 10.2 Å². The SMILES string of the molecule is CCCC1(C)NNC(=S)NC1=O. The summed E-state index contributed by atoms with van der Waals surface area (Å²) in [4.78, 5) is 11.4. The van der Waals surface area contributed by atoms with E-state index in [-0.39, 0.29) is 5.91 Å². The summed E-state index contributed by atoms with van der Waals surface area (Å²) in [5.74, 6) is -0.0619. The lowest BCUT2D eigenvalue weighted by Gasteiger charge is -2.34. The number of hydrogen-bond donors (Lipinski definition) is 3. The van der Waals surface area contributed by atoms with Gasteiger partial charge in [-0.2, -0.15) is 0 Å². The fourth-order valence-corrected chi connectivity index (χ4v) is 1.34. The molecule has 12 heavy (non-hydrogen) atoms. The van der Waals surface area contributed by atoms with E-state index >= 15 is 0 Å². The monoisotopic (exact) mass is 187 g/mol. The quantitative estimate of drug-likeness (QED) is 0.535. The van der Waals surface area contributed by atoms with Gasteiger partial charge in [-0.15, -0.1) is 0 Å². The van der Waals surface area contributed by atoms with Gasteiger partial charge in [-0.05, 0) is 25.6 Å². The fourth-order valence-electron chi connectivity index (χ4n) is 1.20. The predicted molar refractivity (Wildman–Crippen MR) is 50.3 cm³/mol. The van der Waals surface area contributed by atoms with Gasteiger partial charge in [0, 0.05) is 0 Å². The number of carbonyl (C=O) groups excluding carboxylic acids is 1. The zero-order valence-corrected chi connectivity index (χ0v) is 8.05. The predicted octanol–water partition coefficient (Wildman–Crippen LogP) is 0.0541. The summed E-state index contributed by atoms with van der Waals surface area (Å²) >= 11 is 4.76. The maximum absolute atomic E-state index is 11.4. The summed E-state index contributed by atoms with van der Waals surface area (Å²) in [6.07, 6.45) is 1.74. The molecule has 0 aliphatic carbocycles. The second kappa shape index (κ2) is 3.37. The van der Waals surface area contributed by atoms with Crippen LogP contribution >= 0.6 is 12.2 Å². The molecule has 1 saturated heterocycles. The van der Waals surface area contributed by atoms with Gasteiger partial charge in [0.1, 0.15) is 5.54 Å². The van der Waals surface area contributed by atoms with E-state index in [4.69, 9.17) is 12.2 Å². The number of rotatable bonds is 2. The minimum atomic E-state index is -0.531. The van der Waals surface area contributed by atoms with Crippen molar-refractivity contribution in [2.24, 2.45) is 0 Å². The number of hydrazine groups is 1. The molecule has 1 atom stereocenters. The fraction of sp³-hybridized carbons (Fsp3) is 0.714. The van der Waals surface area contributed by atoms with Crippen molar-refractivity contribution in [3.63, 3.8) is 0 Å². The summed E-state index contributed by atoms with van der Waals surface area (Å²) in [5.41, 5.74) is 5.10. The summed E-state index contributed by atoms with van der Waals surface area (Å²) in [6, 6.07) is 0. The van der Waals surface area contributed by atoms with Crippen LogP contribution in [0.15, 0.2) is 0 Å². The number of carbonyl (C=O) groups is 1. The average Bonchev–Trinajstić information content (AvgIpc) is 1.99. The first-order valence-electron chi connectivity index (χ1n) is 3.97. The van der Waals surface area contributed by atoms with Crippen LogP contribution in [0, 0.1) is 0 Å². The molecule has 0 saturated carbocycles. The van der Waals surface area contributed by atoms with Crippen molar-refractivity contribution in [1.82, 2.24) is 16.2 Å². The van der Waals surface area contributed by atoms with Crippen molar-refractivity contribution in [3.8, 4) is 0 Å². The Balaban J connectivity index is 2.66. The molecule has 5 heteroatoms. The maximum Gasteiger partial charge on any atom is 0.247 e. The summed E-state index contributed by atoms with van der Waals surface area (Å²) in [5, 5.41) is 2.91. The van der Waals surface area contributed by atoms with Gasteiger partial charge in [0.2, 0.25) is 5.91 Å². The van der Waals surface area contributed by atoms with E-state index in [1.807, 2.05) is 13.8 Å². The van der Waals surface area contributed by atoms with Crippen molar-refractivity contribution in [1.29, 1.82) is 0 Å². The van der Waals surface area contributed by atoms with E-state index in [1.165, 1.54) is 0 Å². The molecule has 3 N–H and O–H groups in total. The van der Waals surface area contributed by atoms with Crippen LogP contribution in [0.3, 0.4) is 0 Å². The van der Waals surface area contributed by atoms with Crippen molar-refractivity contribution >= 4 is 23.2 Å². The first-order chi connectivity index (χ1) is 5.58. The lowest BCUT2D eigenvalue weighted by molar-refractivity contribution is -0.127. The van der Waals surface area contributed by atoms with E-state index in [0.29, 0.717) is 5.11 Å². The molecule has 4 nitrogen and oxygen atoms in total. The van der Waals surface area contributed by atoms with E-state index in [1.54, 1.807) is 0 Å². The van der Waals surface area contributed by atoms with Gasteiger partial charge >= 0.3 is 0 Å². The smallest absolute Gasteiger partial charge is 0.247 e. The van der Waals surface area contributed by atoms with Gasteiger partial charge in [-0.25, -0.2) is 5.43 Å². The maximum atomic E-state index is 11.4. The highest BCUT2D eigenvalue weighted by Gasteiger charge is 2.35. The van der Waals surface area contributed by atoms with Crippen LogP contribution in [0.5, 0.6) is 0 Å². The molecule has 1 amide bonds. The van der Waals surface area contributed by atoms with Gasteiger partial charge in [-0.1, -0.05) is 13.3 Å². The molecule has 1 rings (SSSR count). The molecule has 1 unspecified atom stereocenters. The number of nitrogens with one attached hydrogen (secondary N) is 3. The Bertz CT molecular complexity index is 219. The third kappa shape index (κ3) is 1.73. The number of amides is 1. The zero-order chi connectivity index (χ0) is 9.19. The van der Waals surface area contributed by atoms with Gasteiger partial charge in [0.15, 0.2) is 5.11 Å². The van der Waals surface area contributed by atoms with Gasteiger partial charge in [0.05, 0.1) is 0 Å². The molecule has 1 heterocycles. The standard InChI is InChI=1S/C7H13N3OS/c1-3-4-7(2)5(11)8-6(12)9-10-7/h10H,3-4H2,1-2H3,(H2,8,9,11,12). The molecule has 1 fully saturated rings. The molecule has 0 radical (unpaired) electrons. The van der Waals surface area contributed by atoms with Crippen molar-refractivity contribution in [3.05, 3.63) is 0 Å². The van der Waals surface area contributed by atoms with Crippen LogP contribution in [0.25, 0.3) is 0 Å². The zero-order valence-electron chi connectivity index (χ0n) is 7.23. The topological polar surface area (TPSA) is 53.2 Å². The van der Waals surface area contributed by atoms with Crippen LogP contribution in [-0.2, 0) is 4.79 Å². The molecule has 0 spiro atoms. The highest BCUT2D eigenvalue weighted by molar-refractivity contribution is 7.80. The Labute approximate surface area is 77.1 Å². The number of thiocarbonyl (C=S) groups is 1. The molecule has 0 aromatic carbocycles. The van der Waals surface area contributed by atoms with Crippen molar-refractivity contribution < 1.29 is 4.79 Å². The lowest BCUT2D eigenvalue weighted by Crippen LogP contribution is -2.68. The average molecular weight is 187 g/mol. The van der Waals surface area contributed by atoms with Crippen molar-refractivity contribution in [2.45, 2.75) is 32.2 Å². The van der Waals surface area contributed by atoms with E-state index < -0.39 is 5.54 Å². The largest absolute Gasteiger partial charge is 0.300 e. The molecular formula is C7H13N3OS. The minimum Gasteiger partial charge on any atom is -0.300 e. The second-order valence-corrected chi connectivity index (χ2v) is 3.52.